The highest BCUT2D eigenvalue weighted by Crippen LogP contribution is 2.38. The molecule has 0 spiro atoms. The summed E-state index contributed by atoms with van der Waals surface area (Å²) in [4.78, 5) is 11.4. The summed E-state index contributed by atoms with van der Waals surface area (Å²) in [5.74, 6) is -1.58. The average molecular weight is 378 g/mol. The Hall–Kier alpha value is -2.42. The maximum atomic E-state index is 15.1. The molecule has 2 N–H and O–H groups in total. The number of hydrogen-bond donors (Lipinski definition) is 2. The van der Waals surface area contributed by atoms with Crippen molar-refractivity contribution in [2.45, 2.75) is 38.1 Å². The molecule has 1 amide bonds. The smallest absolute Gasteiger partial charge is 0.253 e. The Labute approximate surface area is 152 Å². The number of carbonyl (C=O) groups is 1. The van der Waals surface area contributed by atoms with E-state index in [0.717, 1.165) is 17.1 Å². The van der Waals surface area contributed by atoms with Crippen molar-refractivity contribution >= 4 is 22.8 Å². The first-order chi connectivity index (χ1) is 12.5. The van der Waals surface area contributed by atoms with Crippen LogP contribution in [0.4, 0.5) is 10.1 Å². The summed E-state index contributed by atoms with van der Waals surface area (Å²) >= 11 is -1.91. The van der Waals surface area contributed by atoms with Crippen LogP contribution in [0.2, 0.25) is 0 Å². The van der Waals surface area contributed by atoms with E-state index >= 15 is 4.39 Å². The van der Waals surface area contributed by atoms with Gasteiger partial charge in [0, 0.05) is 17.3 Å². The first-order valence-corrected chi connectivity index (χ1v) is 9.70. The van der Waals surface area contributed by atoms with Gasteiger partial charge in [-0.15, -0.1) is 0 Å². The van der Waals surface area contributed by atoms with E-state index in [2.05, 4.69) is 9.82 Å². The summed E-state index contributed by atoms with van der Waals surface area (Å²) in [6.07, 6.45) is 9.09. The fourth-order valence-electron chi connectivity index (χ4n) is 3.57. The number of nitrogens with zero attached hydrogens (tertiary/aromatic N) is 3. The second-order valence-electron chi connectivity index (χ2n) is 6.61. The van der Waals surface area contributed by atoms with Crippen molar-refractivity contribution in [1.82, 2.24) is 14.5 Å². The van der Waals surface area contributed by atoms with Crippen molar-refractivity contribution in [1.29, 1.82) is 0 Å². The van der Waals surface area contributed by atoms with Crippen molar-refractivity contribution < 1.29 is 18.5 Å². The van der Waals surface area contributed by atoms with E-state index in [1.165, 1.54) is 31.4 Å². The molecule has 1 aromatic carbocycles. The van der Waals surface area contributed by atoms with Crippen LogP contribution in [0, 0.1) is 5.82 Å². The van der Waals surface area contributed by atoms with Gasteiger partial charge in [-0.1, -0.05) is 19.3 Å². The lowest BCUT2D eigenvalue weighted by atomic mass is 9.96. The van der Waals surface area contributed by atoms with E-state index in [1.807, 2.05) is 4.68 Å². The molecule has 1 aliphatic heterocycles. The number of rotatable bonds is 3. The van der Waals surface area contributed by atoms with Gasteiger partial charge >= 0.3 is 0 Å². The molecule has 2 fully saturated rings. The number of aromatic hydroxyl groups is 1. The quantitative estimate of drug-likeness (QED) is 0.859. The number of benzene rings is 1. The lowest BCUT2D eigenvalue weighted by Gasteiger charge is -2.21. The Kier molecular flexibility index (Phi) is 4.39. The van der Waals surface area contributed by atoms with Gasteiger partial charge in [0.1, 0.15) is 18.0 Å². The average Bonchev–Trinajstić information content (AvgIpc) is 3.23. The summed E-state index contributed by atoms with van der Waals surface area (Å²) < 4.78 is 32.2. The molecule has 26 heavy (non-hydrogen) atoms. The predicted molar refractivity (Wildman–Crippen MR) is 95.0 cm³/mol. The van der Waals surface area contributed by atoms with Crippen LogP contribution in [0.5, 0.6) is 5.75 Å². The molecule has 1 unspecified atom stereocenters. The van der Waals surface area contributed by atoms with Gasteiger partial charge in [-0.25, -0.2) is 8.60 Å². The first-order valence-electron chi connectivity index (χ1n) is 8.59. The molecule has 9 heteroatoms. The van der Waals surface area contributed by atoms with Crippen molar-refractivity contribution in [2.75, 3.05) is 10.8 Å². The van der Waals surface area contributed by atoms with Gasteiger partial charge < -0.3 is 5.11 Å². The molecule has 1 saturated carbocycles. The second-order valence-corrected chi connectivity index (χ2v) is 7.75. The predicted octanol–water partition coefficient (Wildman–Crippen LogP) is 2.41. The second kappa shape index (κ2) is 6.71. The van der Waals surface area contributed by atoms with Crippen LogP contribution in [0.1, 0.15) is 38.1 Å². The van der Waals surface area contributed by atoms with Crippen molar-refractivity contribution in [3.05, 3.63) is 30.3 Å². The van der Waals surface area contributed by atoms with E-state index in [4.69, 9.17) is 0 Å². The van der Waals surface area contributed by atoms with Crippen molar-refractivity contribution in [2.24, 2.45) is 0 Å². The number of anilines is 1. The zero-order valence-corrected chi connectivity index (χ0v) is 14.8. The van der Waals surface area contributed by atoms with Gasteiger partial charge in [0.25, 0.3) is 5.91 Å². The van der Waals surface area contributed by atoms with E-state index in [9.17, 15) is 14.1 Å². The SMILES string of the molecule is O=C1CN(c2c(O)ccc(-c3cnn(C4CCCCC4)c3)c2F)S(=O)N1. The molecule has 0 radical (unpaired) electrons. The van der Waals surface area contributed by atoms with Crippen LogP contribution < -0.4 is 9.03 Å². The monoisotopic (exact) mass is 378 g/mol. The van der Waals surface area contributed by atoms with Crippen molar-refractivity contribution in [3.8, 4) is 16.9 Å². The van der Waals surface area contributed by atoms with Gasteiger partial charge in [0.2, 0.25) is 11.2 Å². The highest BCUT2D eigenvalue weighted by Gasteiger charge is 2.32. The third kappa shape index (κ3) is 2.96. The van der Waals surface area contributed by atoms with E-state index in [0.29, 0.717) is 11.6 Å². The topological polar surface area (TPSA) is 87.5 Å². The van der Waals surface area contributed by atoms with Crippen LogP contribution >= 0.6 is 0 Å². The first kappa shape index (κ1) is 17.0. The largest absolute Gasteiger partial charge is 0.506 e. The number of phenolic OH excluding ortho intramolecular Hbond substituents is 1. The minimum absolute atomic E-state index is 0.246. The number of halogens is 1. The number of aromatic nitrogens is 2. The fraction of sp³-hybridized carbons (Fsp3) is 0.412. The van der Waals surface area contributed by atoms with E-state index in [-0.39, 0.29) is 23.5 Å². The maximum Gasteiger partial charge on any atom is 0.253 e. The Balaban J connectivity index is 1.69. The number of hydrogen-bond acceptors (Lipinski definition) is 4. The summed E-state index contributed by atoms with van der Waals surface area (Å²) in [6.45, 7) is -0.276. The molecule has 1 aromatic heterocycles. The van der Waals surface area contributed by atoms with Crippen LogP contribution in [0.25, 0.3) is 11.1 Å². The molecule has 1 saturated heterocycles. The highest BCUT2D eigenvalue weighted by atomic mass is 32.2. The van der Waals surface area contributed by atoms with Crippen LogP contribution in [0.3, 0.4) is 0 Å². The van der Waals surface area contributed by atoms with Gasteiger partial charge in [0.05, 0.1) is 12.2 Å². The standard InChI is InChI=1S/C17H19FN4O3S/c18-16-13(11-8-19-21(9-11)12-4-2-1-3-5-12)6-7-14(23)17(16)22-10-15(24)20-26(22)25/h6-9,12,23H,1-5,10H2,(H,20,24). The number of phenols is 1. The third-order valence-electron chi connectivity index (χ3n) is 4.89. The number of amides is 1. The number of carbonyl (C=O) groups excluding carboxylic acids is 1. The fourth-order valence-corrected chi connectivity index (χ4v) is 4.52. The van der Waals surface area contributed by atoms with Gasteiger partial charge in [-0.2, -0.15) is 5.10 Å². The molecule has 4 rings (SSSR count). The Morgan fingerprint density at radius 3 is 2.73 bits per heavy atom. The molecule has 1 atom stereocenters. The number of nitrogens with one attached hydrogen (secondary N) is 1. The highest BCUT2D eigenvalue weighted by molar-refractivity contribution is 7.85. The summed E-state index contributed by atoms with van der Waals surface area (Å²) in [7, 11) is 0. The summed E-state index contributed by atoms with van der Waals surface area (Å²) in [6, 6.07) is 3.13. The van der Waals surface area contributed by atoms with Crippen LogP contribution in [0.15, 0.2) is 24.5 Å². The Morgan fingerprint density at radius 1 is 1.27 bits per heavy atom. The molecule has 2 heterocycles. The van der Waals surface area contributed by atoms with Crippen LogP contribution in [-0.4, -0.2) is 31.5 Å². The molecule has 2 aromatic rings. The third-order valence-corrected chi connectivity index (χ3v) is 6.01. The molecule has 7 nitrogen and oxygen atoms in total. The molecule has 0 bridgehead atoms. The van der Waals surface area contributed by atoms with Gasteiger partial charge in [0.15, 0.2) is 5.82 Å². The van der Waals surface area contributed by atoms with Gasteiger partial charge in [-0.3, -0.25) is 18.5 Å². The lowest BCUT2D eigenvalue weighted by Crippen LogP contribution is -2.23. The molecule has 1 aliphatic carbocycles. The maximum absolute atomic E-state index is 15.1. The van der Waals surface area contributed by atoms with Crippen molar-refractivity contribution in [3.63, 3.8) is 0 Å². The normalized spacial score (nSPS) is 21.2. The summed E-state index contributed by atoms with van der Waals surface area (Å²) in [5.41, 5.74) is 0.583. The minimum atomic E-state index is -1.91. The Bertz CT molecular complexity index is 879. The van der Waals surface area contributed by atoms with E-state index in [1.54, 1.807) is 12.4 Å². The minimum Gasteiger partial charge on any atom is -0.506 e. The Morgan fingerprint density at radius 2 is 2.04 bits per heavy atom. The van der Waals surface area contributed by atoms with E-state index < -0.39 is 22.9 Å². The van der Waals surface area contributed by atoms with Crippen LogP contribution in [-0.2, 0) is 16.0 Å². The zero-order valence-electron chi connectivity index (χ0n) is 14.0. The summed E-state index contributed by atoms with van der Waals surface area (Å²) in [5, 5.41) is 14.4. The molecular weight excluding hydrogens is 359 g/mol. The van der Waals surface area contributed by atoms with Gasteiger partial charge in [-0.05, 0) is 25.0 Å². The molecule has 138 valence electrons. The molecule has 2 aliphatic rings. The molecular formula is C17H19FN4O3S. The zero-order chi connectivity index (χ0) is 18.3. The lowest BCUT2D eigenvalue weighted by molar-refractivity contribution is -0.117.